The maximum atomic E-state index is 13.2. The van der Waals surface area contributed by atoms with Crippen molar-refractivity contribution in [3.8, 4) is 11.4 Å². The molecule has 0 bridgehead atoms. The standard InChI is InChI=1S/C26H30N4O3/c1-3-4-15-33-23-8-6-5-7-20(23)17-28-24-26(32)30(14-13-27-24)22-16-19(10-9-18(22)2)25(31)29-21-11-12-21/h5-10,13-14,16,21H,3-4,11-12,15,17H2,1-2H3,(H,27,28)(H,29,31). The Bertz CT molecular complexity index is 1180. The first-order valence-corrected chi connectivity index (χ1v) is 11.5. The third-order valence-electron chi connectivity index (χ3n) is 5.66. The number of hydrogen-bond donors (Lipinski definition) is 2. The number of amides is 1. The summed E-state index contributed by atoms with van der Waals surface area (Å²) in [5.74, 6) is 0.937. The Hall–Kier alpha value is -3.61. The number of unbranched alkanes of at least 4 members (excludes halogenated alkanes) is 1. The number of nitrogens with one attached hydrogen (secondary N) is 2. The van der Waals surface area contributed by atoms with Crippen molar-refractivity contribution in [2.45, 2.75) is 52.1 Å². The average Bonchev–Trinajstić information content (AvgIpc) is 3.64. The van der Waals surface area contributed by atoms with Gasteiger partial charge in [-0.1, -0.05) is 37.6 Å². The third kappa shape index (κ3) is 5.61. The van der Waals surface area contributed by atoms with Gasteiger partial charge in [0.1, 0.15) is 5.75 Å². The minimum absolute atomic E-state index is 0.112. The minimum Gasteiger partial charge on any atom is -0.493 e. The number of carbonyl (C=O) groups is 1. The van der Waals surface area contributed by atoms with Crippen LogP contribution in [0.1, 0.15) is 54.1 Å². The minimum atomic E-state index is -0.273. The number of aromatic nitrogens is 2. The van der Waals surface area contributed by atoms with E-state index in [1.165, 1.54) is 4.57 Å². The number of benzene rings is 2. The lowest BCUT2D eigenvalue weighted by atomic mass is 10.1. The van der Waals surface area contributed by atoms with Gasteiger partial charge in [-0.3, -0.25) is 14.2 Å². The SMILES string of the molecule is CCCCOc1ccccc1CNc1nccn(-c2cc(C(=O)NC3CC3)ccc2C)c1=O. The van der Waals surface area contributed by atoms with Gasteiger partial charge in [0, 0.05) is 36.1 Å². The molecule has 0 spiro atoms. The van der Waals surface area contributed by atoms with Crippen molar-refractivity contribution in [3.05, 3.63) is 81.9 Å². The molecule has 1 aromatic heterocycles. The Morgan fingerprint density at radius 2 is 2.03 bits per heavy atom. The largest absolute Gasteiger partial charge is 0.493 e. The number of anilines is 1. The fourth-order valence-electron chi connectivity index (χ4n) is 3.53. The van der Waals surface area contributed by atoms with Gasteiger partial charge < -0.3 is 15.4 Å². The zero-order valence-corrected chi connectivity index (χ0v) is 19.1. The summed E-state index contributed by atoms with van der Waals surface area (Å²) in [6.45, 7) is 5.12. The van der Waals surface area contributed by atoms with E-state index in [2.05, 4.69) is 22.5 Å². The molecule has 1 heterocycles. The molecule has 4 rings (SSSR count). The molecule has 1 aliphatic carbocycles. The number of nitrogens with zero attached hydrogens (tertiary/aromatic N) is 2. The first-order valence-electron chi connectivity index (χ1n) is 11.5. The topological polar surface area (TPSA) is 85.2 Å². The van der Waals surface area contributed by atoms with Crippen molar-refractivity contribution >= 4 is 11.7 Å². The Balaban J connectivity index is 1.54. The van der Waals surface area contributed by atoms with E-state index in [4.69, 9.17) is 4.74 Å². The highest BCUT2D eigenvalue weighted by molar-refractivity contribution is 5.95. The van der Waals surface area contributed by atoms with Gasteiger partial charge in [-0.15, -0.1) is 0 Å². The van der Waals surface area contributed by atoms with Crippen LogP contribution in [-0.4, -0.2) is 28.1 Å². The van der Waals surface area contributed by atoms with E-state index >= 15 is 0 Å². The van der Waals surface area contributed by atoms with Crippen LogP contribution in [0.3, 0.4) is 0 Å². The lowest BCUT2D eigenvalue weighted by Crippen LogP contribution is -2.26. The van der Waals surface area contributed by atoms with Gasteiger partial charge in [0.15, 0.2) is 5.82 Å². The van der Waals surface area contributed by atoms with E-state index in [0.29, 0.717) is 24.4 Å². The van der Waals surface area contributed by atoms with Gasteiger partial charge in [0.05, 0.1) is 12.3 Å². The Labute approximate surface area is 193 Å². The van der Waals surface area contributed by atoms with Crippen LogP contribution in [-0.2, 0) is 6.54 Å². The van der Waals surface area contributed by atoms with Gasteiger partial charge >= 0.3 is 0 Å². The summed E-state index contributed by atoms with van der Waals surface area (Å²) < 4.78 is 7.42. The zero-order chi connectivity index (χ0) is 23.2. The molecule has 7 heteroatoms. The van der Waals surface area contributed by atoms with Gasteiger partial charge in [0.2, 0.25) is 0 Å². The second kappa shape index (κ2) is 10.3. The second-order valence-electron chi connectivity index (χ2n) is 8.36. The van der Waals surface area contributed by atoms with E-state index in [1.807, 2.05) is 37.3 Å². The van der Waals surface area contributed by atoms with Gasteiger partial charge in [0.25, 0.3) is 11.5 Å². The van der Waals surface area contributed by atoms with Crippen molar-refractivity contribution in [2.75, 3.05) is 11.9 Å². The third-order valence-corrected chi connectivity index (χ3v) is 5.66. The molecule has 0 radical (unpaired) electrons. The lowest BCUT2D eigenvalue weighted by molar-refractivity contribution is 0.0951. The van der Waals surface area contributed by atoms with E-state index in [0.717, 1.165) is 42.6 Å². The summed E-state index contributed by atoms with van der Waals surface area (Å²) in [5, 5.41) is 6.15. The molecule has 1 fully saturated rings. The van der Waals surface area contributed by atoms with E-state index in [-0.39, 0.29) is 23.3 Å². The summed E-state index contributed by atoms with van der Waals surface area (Å²) >= 11 is 0. The van der Waals surface area contributed by atoms with Crippen molar-refractivity contribution in [3.63, 3.8) is 0 Å². The normalized spacial score (nSPS) is 12.9. The Kier molecular flexibility index (Phi) is 7.07. The van der Waals surface area contributed by atoms with Crippen molar-refractivity contribution in [1.82, 2.24) is 14.9 Å². The Morgan fingerprint density at radius 3 is 2.82 bits per heavy atom. The number of ether oxygens (including phenoxy) is 1. The van der Waals surface area contributed by atoms with Crippen molar-refractivity contribution in [2.24, 2.45) is 0 Å². The maximum Gasteiger partial charge on any atom is 0.297 e. The molecule has 1 saturated carbocycles. The zero-order valence-electron chi connectivity index (χ0n) is 19.1. The molecule has 1 amide bonds. The first kappa shape index (κ1) is 22.6. The summed E-state index contributed by atoms with van der Waals surface area (Å²) in [6, 6.07) is 13.5. The van der Waals surface area contributed by atoms with Crippen LogP contribution >= 0.6 is 0 Å². The molecular formula is C26H30N4O3. The molecule has 0 atom stereocenters. The molecular weight excluding hydrogens is 416 g/mol. The molecule has 172 valence electrons. The summed E-state index contributed by atoms with van der Waals surface area (Å²) in [4.78, 5) is 30.0. The predicted molar refractivity (Wildman–Crippen MR) is 129 cm³/mol. The van der Waals surface area contributed by atoms with Crippen LogP contribution < -0.4 is 20.9 Å². The van der Waals surface area contributed by atoms with Gasteiger partial charge in [-0.25, -0.2) is 4.98 Å². The first-order chi connectivity index (χ1) is 16.1. The highest BCUT2D eigenvalue weighted by Gasteiger charge is 2.24. The molecule has 2 aromatic carbocycles. The Morgan fingerprint density at radius 1 is 1.21 bits per heavy atom. The monoisotopic (exact) mass is 446 g/mol. The number of rotatable bonds is 10. The molecule has 1 aliphatic rings. The number of carbonyl (C=O) groups excluding carboxylic acids is 1. The van der Waals surface area contributed by atoms with Crippen LogP contribution in [0.5, 0.6) is 5.75 Å². The lowest BCUT2D eigenvalue weighted by Gasteiger charge is -2.14. The van der Waals surface area contributed by atoms with Crippen LogP contribution in [0, 0.1) is 6.92 Å². The van der Waals surface area contributed by atoms with E-state index < -0.39 is 0 Å². The predicted octanol–water partition coefficient (Wildman–Crippen LogP) is 4.22. The molecule has 3 aromatic rings. The molecule has 0 saturated heterocycles. The number of aryl methyl sites for hydroxylation is 1. The number of para-hydroxylation sites is 1. The van der Waals surface area contributed by atoms with Gasteiger partial charge in [-0.05, 0) is 49.9 Å². The smallest absolute Gasteiger partial charge is 0.297 e. The molecule has 33 heavy (non-hydrogen) atoms. The second-order valence-corrected chi connectivity index (χ2v) is 8.36. The fraction of sp³-hybridized carbons (Fsp3) is 0.346. The highest BCUT2D eigenvalue weighted by Crippen LogP contribution is 2.21. The quantitative estimate of drug-likeness (QED) is 0.456. The van der Waals surface area contributed by atoms with Crippen LogP contribution in [0.2, 0.25) is 0 Å². The molecule has 2 N–H and O–H groups in total. The molecule has 7 nitrogen and oxygen atoms in total. The maximum absolute atomic E-state index is 13.2. The van der Waals surface area contributed by atoms with E-state index in [1.54, 1.807) is 24.5 Å². The van der Waals surface area contributed by atoms with Gasteiger partial charge in [-0.2, -0.15) is 0 Å². The average molecular weight is 447 g/mol. The van der Waals surface area contributed by atoms with Crippen LogP contribution in [0.15, 0.2) is 59.7 Å². The van der Waals surface area contributed by atoms with Crippen molar-refractivity contribution < 1.29 is 9.53 Å². The van der Waals surface area contributed by atoms with Crippen molar-refractivity contribution in [1.29, 1.82) is 0 Å². The van der Waals surface area contributed by atoms with Crippen LogP contribution in [0.25, 0.3) is 5.69 Å². The fourth-order valence-corrected chi connectivity index (χ4v) is 3.53. The summed E-state index contributed by atoms with van der Waals surface area (Å²) in [7, 11) is 0. The molecule has 0 aliphatic heterocycles. The van der Waals surface area contributed by atoms with E-state index in [9.17, 15) is 9.59 Å². The summed E-state index contributed by atoms with van der Waals surface area (Å²) in [6.07, 6.45) is 7.32. The number of hydrogen-bond acceptors (Lipinski definition) is 5. The highest BCUT2D eigenvalue weighted by atomic mass is 16.5. The summed E-state index contributed by atoms with van der Waals surface area (Å²) in [5.41, 5.74) is 2.79. The molecule has 0 unspecified atom stereocenters. The van der Waals surface area contributed by atoms with Crippen LogP contribution in [0.4, 0.5) is 5.82 Å².